The first-order valence-electron chi connectivity index (χ1n) is 7.12. The van der Waals surface area contributed by atoms with Crippen LogP contribution >= 0.6 is 0 Å². The highest BCUT2D eigenvalue weighted by Crippen LogP contribution is 2.25. The van der Waals surface area contributed by atoms with Crippen LogP contribution in [0.3, 0.4) is 0 Å². The van der Waals surface area contributed by atoms with Crippen LogP contribution in [0.15, 0.2) is 73.8 Å². The van der Waals surface area contributed by atoms with Crippen LogP contribution in [0.4, 0.5) is 0 Å². The number of hydrogen-bond donors (Lipinski definition) is 0. The second-order valence-electron chi connectivity index (χ2n) is 5.05. The summed E-state index contributed by atoms with van der Waals surface area (Å²) in [6.07, 6.45) is 3.23. The van der Waals surface area contributed by atoms with Crippen molar-refractivity contribution in [2.45, 2.75) is 12.8 Å². The lowest BCUT2D eigenvalue weighted by atomic mass is 9.93. The zero-order valence-electron chi connectivity index (χ0n) is 12.4. The second-order valence-corrected chi connectivity index (χ2v) is 5.05. The van der Waals surface area contributed by atoms with Crippen molar-refractivity contribution in [3.05, 3.63) is 85.0 Å². The average Bonchev–Trinajstić information content (AvgIpc) is 2.55. The van der Waals surface area contributed by atoms with Crippen molar-refractivity contribution in [1.82, 2.24) is 0 Å². The van der Waals surface area contributed by atoms with E-state index >= 15 is 0 Å². The van der Waals surface area contributed by atoms with Crippen molar-refractivity contribution < 1.29 is 9.59 Å². The first-order valence-corrected chi connectivity index (χ1v) is 7.12. The summed E-state index contributed by atoms with van der Waals surface area (Å²) in [7, 11) is 0. The molecule has 2 aromatic rings. The van der Waals surface area contributed by atoms with Gasteiger partial charge in [0.2, 0.25) is 0 Å². The van der Waals surface area contributed by atoms with Crippen LogP contribution in [0.1, 0.15) is 11.1 Å². The maximum atomic E-state index is 11.8. The Morgan fingerprint density at radius 3 is 2.14 bits per heavy atom. The Bertz CT molecular complexity index is 712. The topological polar surface area (TPSA) is 34.1 Å². The summed E-state index contributed by atoms with van der Waals surface area (Å²) in [5.74, 6) is -0.0714. The average molecular weight is 290 g/mol. The van der Waals surface area contributed by atoms with Gasteiger partial charge >= 0.3 is 0 Å². The molecule has 0 aliphatic carbocycles. The molecule has 2 rings (SSSR count). The van der Waals surface area contributed by atoms with Crippen LogP contribution in [0, 0.1) is 0 Å². The largest absolute Gasteiger partial charge is 0.295 e. The van der Waals surface area contributed by atoms with Crippen molar-refractivity contribution in [1.29, 1.82) is 0 Å². The van der Waals surface area contributed by atoms with Gasteiger partial charge in [-0.15, -0.1) is 0 Å². The fourth-order valence-electron chi connectivity index (χ4n) is 2.34. The van der Waals surface area contributed by atoms with E-state index in [1.165, 1.54) is 12.2 Å². The lowest BCUT2D eigenvalue weighted by Crippen LogP contribution is -2.03. The SMILES string of the molecule is C=CC(=O)Cc1ccc(-c2ccccc2)c(CC(=O)C=C)c1. The minimum atomic E-state index is -0.0376. The molecule has 0 bridgehead atoms. The third-order valence-corrected chi connectivity index (χ3v) is 3.45. The molecule has 2 nitrogen and oxygen atoms in total. The van der Waals surface area contributed by atoms with E-state index < -0.39 is 0 Å². The smallest absolute Gasteiger partial charge is 0.159 e. The van der Waals surface area contributed by atoms with Gasteiger partial charge in [0.15, 0.2) is 11.6 Å². The maximum Gasteiger partial charge on any atom is 0.159 e. The summed E-state index contributed by atoms with van der Waals surface area (Å²) in [6, 6.07) is 15.7. The molecular formula is C20H18O2. The first kappa shape index (κ1) is 15.6. The Balaban J connectivity index is 2.44. The van der Waals surface area contributed by atoms with E-state index in [2.05, 4.69) is 13.2 Å². The minimum Gasteiger partial charge on any atom is -0.295 e. The molecule has 0 heterocycles. The molecule has 0 amide bonds. The highest BCUT2D eigenvalue weighted by atomic mass is 16.1. The van der Waals surface area contributed by atoms with Crippen LogP contribution in [0.5, 0.6) is 0 Å². The molecule has 0 fully saturated rings. The fourth-order valence-corrected chi connectivity index (χ4v) is 2.34. The number of allylic oxidation sites excluding steroid dienone is 2. The van der Waals surface area contributed by atoms with Gasteiger partial charge in [-0.3, -0.25) is 9.59 Å². The predicted octanol–water partition coefficient (Wildman–Crippen LogP) is 3.95. The van der Waals surface area contributed by atoms with E-state index in [1.807, 2.05) is 48.5 Å². The van der Waals surface area contributed by atoms with Crippen molar-refractivity contribution in [3.8, 4) is 11.1 Å². The van der Waals surface area contributed by atoms with Crippen molar-refractivity contribution in [2.24, 2.45) is 0 Å². The molecule has 0 aliphatic heterocycles. The molecule has 0 atom stereocenters. The van der Waals surface area contributed by atoms with E-state index in [4.69, 9.17) is 0 Å². The van der Waals surface area contributed by atoms with Crippen molar-refractivity contribution in [2.75, 3.05) is 0 Å². The van der Waals surface area contributed by atoms with Gasteiger partial charge < -0.3 is 0 Å². The van der Waals surface area contributed by atoms with Gasteiger partial charge in [0, 0.05) is 12.8 Å². The van der Waals surface area contributed by atoms with Crippen molar-refractivity contribution in [3.63, 3.8) is 0 Å². The zero-order chi connectivity index (χ0) is 15.9. The Hall–Kier alpha value is -2.74. The van der Waals surface area contributed by atoms with Crippen molar-refractivity contribution >= 4 is 11.6 Å². The summed E-state index contributed by atoms with van der Waals surface area (Å²) >= 11 is 0. The number of carbonyl (C=O) groups is 2. The summed E-state index contributed by atoms with van der Waals surface area (Å²) in [4.78, 5) is 23.3. The number of benzene rings is 2. The third-order valence-electron chi connectivity index (χ3n) is 3.45. The van der Waals surface area contributed by atoms with Gasteiger partial charge in [-0.05, 0) is 34.4 Å². The molecule has 110 valence electrons. The molecule has 0 saturated heterocycles. The molecule has 0 spiro atoms. The summed E-state index contributed by atoms with van der Waals surface area (Å²) < 4.78 is 0. The Labute approximate surface area is 130 Å². The van der Waals surface area contributed by atoms with Crippen LogP contribution in [0.2, 0.25) is 0 Å². The van der Waals surface area contributed by atoms with Gasteiger partial charge in [0.1, 0.15) is 0 Å². The number of ketones is 2. The molecule has 22 heavy (non-hydrogen) atoms. The lowest BCUT2D eigenvalue weighted by Gasteiger charge is -2.11. The second kappa shape index (κ2) is 7.32. The van der Waals surface area contributed by atoms with Crippen LogP contribution in [0.25, 0.3) is 11.1 Å². The van der Waals surface area contributed by atoms with E-state index in [9.17, 15) is 9.59 Å². The number of carbonyl (C=O) groups excluding carboxylic acids is 2. The normalized spacial score (nSPS) is 10.0. The van der Waals surface area contributed by atoms with E-state index in [-0.39, 0.29) is 18.0 Å². The molecule has 0 unspecified atom stereocenters. The van der Waals surface area contributed by atoms with Gasteiger partial charge in [-0.1, -0.05) is 61.7 Å². The first-order chi connectivity index (χ1) is 10.6. The lowest BCUT2D eigenvalue weighted by molar-refractivity contribution is -0.114. The number of rotatable bonds is 7. The Morgan fingerprint density at radius 1 is 0.864 bits per heavy atom. The molecule has 0 aromatic heterocycles. The van der Waals surface area contributed by atoms with E-state index in [0.29, 0.717) is 6.42 Å². The maximum absolute atomic E-state index is 11.8. The molecule has 2 heteroatoms. The fraction of sp³-hybridized carbons (Fsp3) is 0.100. The van der Waals surface area contributed by atoms with Gasteiger partial charge in [0.25, 0.3) is 0 Å². The van der Waals surface area contributed by atoms with Gasteiger partial charge in [-0.25, -0.2) is 0 Å². The Morgan fingerprint density at radius 2 is 1.50 bits per heavy atom. The molecular weight excluding hydrogens is 272 g/mol. The highest BCUT2D eigenvalue weighted by Gasteiger charge is 2.10. The van der Waals surface area contributed by atoms with Gasteiger partial charge in [0.05, 0.1) is 0 Å². The summed E-state index contributed by atoms with van der Waals surface area (Å²) in [5.41, 5.74) is 3.85. The zero-order valence-corrected chi connectivity index (χ0v) is 12.4. The summed E-state index contributed by atoms with van der Waals surface area (Å²) in [5, 5.41) is 0. The monoisotopic (exact) mass is 290 g/mol. The van der Waals surface area contributed by atoms with Crippen LogP contribution in [-0.4, -0.2) is 11.6 Å². The number of hydrogen-bond acceptors (Lipinski definition) is 2. The van der Waals surface area contributed by atoms with Gasteiger partial charge in [-0.2, -0.15) is 0 Å². The predicted molar refractivity (Wildman–Crippen MR) is 89.7 cm³/mol. The quantitative estimate of drug-likeness (QED) is 0.724. The highest BCUT2D eigenvalue weighted by molar-refractivity contribution is 5.93. The van der Waals surface area contributed by atoms with Crippen LogP contribution < -0.4 is 0 Å². The minimum absolute atomic E-state index is 0.0338. The van der Waals surface area contributed by atoms with Crippen LogP contribution in [-0.2, 0) is 22.4 Å². The molecule has 2 aromatic carbocycles. The molecule has 0 aliphatic rings. The van der Waals surface area contributed by atoms with E-state index in [1.54, 1.807) is 0 Å². The molecule has 0 saturated carbocycles. The Kier molecular flexibility index (Phi) is 5.21. The third kappa shape index (κ3) is 3.89. The molecule has 0 radical (unpaired) electrons. The molecule has 0 N–H and O–H groups in total. The summed E-state index contributed by atoms with van der Waals surface area (Å²) in [6.45, 7) is 7.02. The standard InChI is InChI=1S/C20H18O2/c1-3-18(21)13-15-10-11-20(16-8-6-5-7-9-16)17(12-15)14-19(22)4-2/h3-12H,1-2,13-14H2. The van der Waals surface area contributed by atoms with E-state index in [0.717, 1.165) is 22.3 Å².